The topological polar surface area (TPSA) is 110 Å². The van der Waals surface area contributed by atoms with Crippen molar-refractivity contribution in [2.75, 3.05) is 6.54 Å². The van der Waals surface area contributed by atoms with E-state index in [0.717, 1.165) is 16.8 Å². The van der Waals surface area contributed by atoms with E-state index in [2.05, 4.69) is 10.4 Å². The molecule has 4 N–H and O–H groups in total. The molecule has 0 bridgehead atoms. The van der Waals surface area contributed by atoms with Crippen molar-refractivity contribution in [3.63, 3.8) is 0 Å². The molecule has 7 heteroatoms. The van der Waals surface area contributed by atoms with Gasteiger partial charge < -0.3 is 16.2 Å². The van der Waals surface area contributed by atoms with Crippen LogP contribution in [-0.4, -0.2) is 33.2 Å². The van der Waals surface area contributed by atoms with Gasteiger partial charge in [-0.25, -0.2) is 4.68 Å². The van der Waals surface area contributed by atoms with Crippen molar-refractivity contribution < 1.29 is 14.7 Å². The zero-order valence-corrected chi connectivity index (χ0v) is 13.7. The maximum atomic E-state index is 12.3. The van der Waals surface area contributed by atoms with Gasteiger partial charge in [-0.1, -0.05) is 12.1 Å². The van der Waals surface area contributed by atoms with Crippen molar-refractivity contribution in [1.82, 2.24) is 15.1 Å². The Morgan fingerprint density at radius 1 is 1.38 bits per heavy atom. The van der Waals surface area contributed by atoms with Gasteiger partial charge in [0.2, 0.25) is 5.91 Å². The number of aromatic hydroxyl groups is 1. The molecule has 0 aliphatic heterocycles. The van der Waals surface area contributed by atoms with Crippen molar-refractivity contribution in [2.45, 2.75) is 26.7 Å². The number of rotatable bonds is 5. The molecule has 0 spiro atoms. The largest absolute Gasteiger partial charge is 0.504 e. The summed E-state index contributed by atoms with van der Waals surface area (Å²) < 4.78 is 1.48. The summed E-state index contributed by atoms with van der Waals surface area (Å²) in [5.41, 5.74) is 7.52. The normalized spacial score (nSPS) is 15.1. The molecule has 126 valence electrons. The van der Waals surface area contributed by atoms with Crippen molar-refractivity contribution in [3.8, 4) is 11.4 Å². The van der Waals surface area contributed by atoms with Crippen LogP contribution < -0.4 is 11.1 Å². The van der Waals surface area contributed by atoms with Gasteiger partial charge in [0.05, 0.1) is 17.3 Å². The molecule has 1 aliphatic rings. The second kappa shape index (κ2) is 5.67. The van der Waals surface area contributed by atoms with Gasteiger partial charge in [-0.3, -0.25) is 9.59 Å². The number of primary amides is 1. The van der Waals surface area contributed by atoms with Crippen molar-refractivity contribution in [2.24, 2.45) is 11.1 Å². The minimum absolute atomic E-state index is 0.0730. The van der Waals surface area contributed by atoms with Gasteiger partial charge in [0.1, 0.15) is 0 Å². The molecule has 2 aromatic rings. The molecule has 2 amide bonds. The highest BCUT2D eigenvalue weighted by atomic mass is 16.3. The fourth-order valence-electron chi connectivity index (χ4n) is 2.63. The summed E-state index contributed by atoms with van der Waals surface area (Å²) in [6, 6.07) is 5.73. The first-order chi connectivity index (χ1) is 11.3. The van der Waals surface area contributed by atoms with E-state index in [9.17, 15) is 14.7 Å². The van der Waals surface area contributed by atoms with E-state index >= 15 is 0 Å². The summed E-state index contributed by atoms with van der Waals surface area (Å²) in [4.78, 5) is 23.6. The van der Waals surface area contributed by atoms with Gasteiger partial charge in [-0.05, 0) is 43.9 Å². The van der Waals surface area contributed by atoms with Gasteiger partial charge in [-0.2, -0.15) is 5.10 Å². The summed E-state index contributed by atoms with van der Waals surface area (Å²) in [6.07, 6.45) is 2.74. The van der Waals surface area contributed by atoms with E-state index in [1.165, 1.54) is 10.9 Å². The standard InChI is InChI=1S/C17H20N4O3/c1-10-4-3-5-12(11(10)2)21-8-13(22)14(20-21)15(23)19-9-17(6-7-17)16(18)24/h3-5,8,22H,6-7,9H2,1-2H3,(H2,18,24)(H,19,23). The monoisotopic (exact) mass is 328 g/mol. The molecule has 1 aromatic heterocycles. The summed E-state index contributed by atoms with van der Waals surface area (Å²) in [6.45, 7) is 4.10. The Hall–Kier alpha value is -2.83. The maximum absolute atomic E-state index is 12.3. The number of carbonyl (C=O) groups is 2. The minimum Gasteiger partial charge on any atom is -0.504 e. The first-order valence-electron chi connectivity index (χ1n) is 7.77. The van der Waals surface area contributed by atoms with Crippen LogP contribution in [0.4, 0.5) is 0 Å². The van der Waals surface area contributed by atoms with Gasteiger partial charge in [0.25, 0.3) is 5.91 Å². The summed E-state index contributed by atoms with van der Waals surface area (Å²) in [7, 11) is 0. The third-order valence-corrected chi connectivity index (χ3v) is 4.70. The lowest BCUT2D eigenvalue weighted by atomic mass is 10.1. The first kappa shape index (κ1) is 16.0. The van der Waals surface area contributed by atoms with E-state index in [1.54, 1.807) is 0 Å². The molecule has 1 aliphatic carbocycles. The predicted octanol–water partition coefficient (Wildman–Crippen LogP) is 1.19. The van der Waals surface area contributed by atoms with Crippen molar-refractivity contribution >= 4 is 11.8 Å². The summed E-state index contributed by atoms with van der Waals surface area (Å²) >= 11 is 0. The molecule has 1 heterocycles. The van der Waals surface area contributed by atoms with Crippen LogP contribution in [0.1, 0.15) is 34.5 Å². The zero-order valence-electron chi connectivity index (χ0n) is 13.7. The average molecular weight is 328 g/mol. The number of aromatic nitrogens is 2. The molecule has 0 atom stereocenters. The molecule has 24 heavy (non-hydrogen) atoms. The molecule has 0 saturated heterocycles. The van der Waals surface area contributed by atoms with E-state index < -0.39 is 17.2 Å². The van der Waals surface area contributed by atoms with Gasteiger partial charge >= 0.3 is 0 Å². The Labute approximate surface area is 139 Å². The smallest absolute Gasteiger partial charge is 0.275 e. The number of nitrogens with zero attached hydrogens (tertiary/aromatic N) is 2. The second-order valence-corrected chi connectivity index (χ2v) is 6.35. The van der Waals surface area contributed by atoms with E-state index in [0.29, 0.717) is 12.8 Å². The number of carbonyl (C=O) groups excluding carboxylic acids is 2. The molecule has 0 unspecified atom stereocenters. The molecule has 1 fully saturated rings. The lowest BCUT2D eigenvalue weighted by Crippen LogP contribution is -2.37. The van der Waals surface area contributed by atoms with Crippen LogP contribution in [0.15, 0.2) is 24.4 Å². The minimum atomic E-state index is -0.638. The number of benzene rings is 1. The van der Waals surface area contributed by atoms with Crippen LogP contribution in [0, 0.1) is 19.3 Å². The molecular formula is C17H20N4O3. The molecular weight excluding hydrogens is 308 g/mol. The SMILES string of the molecule is Cc1cccc(-n2cc(O)c(C(=O)NCC3(C(N)=O)CC3)n2)c1C. The highest BCUT2D eigenvalue weighted by Gasteiger charge is 2.48. The molecule has 7 nitrogen and oxygen atoms in total. The van der Waals surface area contributed by atoms with Crippen LogP contribution >= 0.6 is 0 Å². The third-order valence-electron chi connectivity index (χ3n) is 4.70. The molecule has 1 aromatic carbocycles. The zero-order chi connectivity index (χ0) is 17.5. The average Bonchev–Trinajstić information content (AvgIpc) is 3.24. The fraction of sp³-hybridized carbons (Fsp3) is 0.353. The van der Waals surface area contributed by atoms with Crippen LogP contribution in [0.3, 0.4) is 0 Å². The Balaban J connectivity index is 1.80. The van der Waals surface area contributed by atoms with E-state index in [4.69, 9.17) is 5.73 Å². The van der Waals surface area contributed by atoms with Gasteiger partial charge in [0, 0.05) is 6.54 Å². The number of hydrogen-bond acceptors (Lipinski definition) is 4. The Kier molecular flexibility index (Phi) is 3.79. The van der Waals surface area contributed by atoms with Gasteiger partial charge in [-0.15, -0.1) is 0 Å². The van der Waals surface area contributed by atoms with Crippen LogP contribution in [0.5, 0.6) is 5.75 Å². The number of amides is 2. The highest BCUT2D eigenvalue weighted by molar-refractivity contribution is 5.95. The lowest BCUT2D eigenvalue weighted by molar-refractivity contribution is -0.122. The van der Waals surface area contributed by atoms with E-state index in [1.807, 2.05) is 32.0 Å². The fourth-order valence-corrected chi connectivity index (χ4v) is 2.63. The maximum Gasteiger partial charge on any atom is 0.275 e. The van der Waals surface area contributed by atoms with Crippen molar-refractivity contribution in [3.05, 3.63) is 41.2 Å². The number of nitrogens with one attached hydrogen (secondary N) is 1. The quantitative estimate of drug-likeness (QED) is 0.765. The third kappa shape index (κ3) is 2.73. The highest BCUT2D eigenvalue weighted by Crippen LogP contribution is 2.44. The summed E-state index contributed by atoms with van der Waals surface area (Å²) in [5.74, 6) is -1.14. The molecule has 0 radical (unpaired) electrons. The molecule has 1 saturated carbocycles. The van der Waals surface area contributed by atoms with E-state index in [-0.39, 0.29) is 18.0 Å². The van der Waals surface area contributed by atoms with Crippen LogP contribution in [-0.2, 0) is 4.79 Å². The Bertz CT molecular complexity index is 821. The molecule has 3 rings (SSSR count). The Morgan fingerprint density at radius 3 is 2.71 bits per heavy atom. The summed E-state index contributed by atoms with van der Waals surface area (Å²) in [5, 5.41) is 16.9. The number of nitrogens with two attached hydrogens (primary N) is 1. The second-order valence-electron chi connectivity index (χ2n) is 6.35. The first-order valence-corrected chi connectivity index (χ1v) is 7.77. The number of aryl methyl sites for hydroxylation is 1. The number of hydrogen-bond donors (Lipinski definition) is 3. The van der Waals surface area contributed by atoms with Crippen LogP contribution in [0.2, 0.25) is 0 Å². The lowest BCUT2D eigenvalue weighted by Gasteiger charge is -2.11. The predicted molar refractivity (Wildman–Crippen MR) is 87.9 cm³/mol. The van der Waals surface area contributed by atoms with Crippen LogP contribution in [0.25, 0.3) is 5.69 Å². The van der Waals surface area contributed by atoms with Gasteiger partial charge in [0.15, 0.2) is 11.4 Å². The Morgan fingerprint density at radius 2 is 2.08 bits per heavy atom. The van der Waals surface area contributed by atoms with Crippen molar-refractivity contribution in [1.29, 1.82) is 0 Å².